The number of anilines is 1. The van der Waals surface area contributed by atoms with E-state index in [1.807, 2.05) is 53.9 Å². The second-order valence-electron chi connectivity index (χ2n) is 4.69. The molecule has 6 heteroatoms. The van der Waals surface area contributed by atoms with Crippen LogP contribution in [0.15, 0.2) is 63.5 Å². The van der Waals surface area contributed by atoms with Gasteiger partial charge in [-0.3, -0.25) is 5.43 Å². The smallest absolute Gasteiger partial charge is 0.203 e. The second kappa shape index (κ2) is 7.39. The van der Waals surface area contributed by atoms with E-state index in [1.54, 1.807) is 13.3 Å². The number of nitrogens with one attached hydrogen (secondary N) is 1. The first-order valence-corrected chi connectivity index (χ1v) is 8.56. The van der Waals surface area contributed by atoms with Gasteiger partial charge in [-0.1, -0.05) is 28.1 Å². The van der Waals surface area contributed by atoms with Crippen LogP contribution in [0.2, 0.25) is 0 Å². The number of aromatic nitrogens is 1. The van der Waals surface area contributed by atoms with Gasteiger partial charge in [0.1, 0.15) is 5.75 Å². The maximum atomic E-state index is 5.16. The quantitative estimate of drug-likeness (QED) is 0.493. The lowest BCUT2D eigenvalue weighted by Crippen LogP contribution is -1.90. The van der Waals surface area contributed by atoms with E-state index in [-0.39, 0.29) is 0 Å². The van der Waals surface area contributed by atoms with Crippen LogP contribution in [-0.2, 0) is 0 Å². The van der Waals surface area contributed by atoms with Gasteiger partial charge >= 0.3 is 0 Å². The molecule has 3 rings (SSSR count). The van der Waals surface area contributed by atoms with Gasteiger partial charge in [0, 0.05) is 15.4 Å². The highest BCUT2D eigenvalue weighted by atomic mass is 79.9. The number of hydrogen-bond acceptors (Lipinski definition) is 5. The van der Waals surface area contributed by atoms with Gasteiger partial charge in [0.25, 0.3) is 0 Å². The number of halogens is 1. The van der Waals surface area contributed by atoms with E-state index in [1.165, 1.54) is 11.3 Å². The minimum atomic E-state index is 0.754. The molecule has 2 aromatic carbocycles. The topological polar surface area (TPSA) is 46.5 Å². The predicted octanol–water partition coefficient (Wildman–Crippen LogP) is 5.03. The number of ether oxygens (including phenoxy) is 1. The Labute approximate surface area is 147 Å². The number of nitrogens with zero attached hydrogens (tertiary/aromatic N) is 2. The molecule has 0 atom stereocenters. The number of methoxy groups -OCH3 is 1. The minimum Gasteiger partial charge on any atom is -0.497 e. The maximum Gasteiger partial charge on any atom is 0.203 e. The number of rotatable bonds is 5. The molecule has 1 N–H and O–H groups in total. The van der Waals surface area contributed by atoms with Gasteiger partial charge in [-0.15, -0.1) is 11.3 Å². The predicted molar refractivity (Wildman–Crippen MR) is 99.5 cm³/mol. The van der Waals surface area contributed by atoms with Gasteiger partial charge in [0.2, 0.25) is 5.13 Å². The van der Waals surface area contributed by atoms with Crippen molar-refractivity contribution >= 4 is 38.6 Å². The molecule has 0 aliphatic carbocycles. The zero-order valence-corrected chi connectivity index (χ0v) is 14.8. The Hall–Kier alpha value is -2.18. The molecule has 0 spiro atoms. The molecule has 0 radical (unpaired) electrons. The molecular weight excluding hydrogens is 374 g/mol. The molecule has 1 aromatic heterocycles. The standard InChI is InChI=1S/C17H14BrN3OS/c1-22-15-8-4-13(5-9-15)16-11-23-17(20-16)21-19-10-12-2-6-14(18)7-3-12/h2-11H,1H3,(H,20,21)/b19-10+. The summed E-state index contributed by atoms with van der Waals surface area (Å²) in [5, 5.41) is 6.97. The molecule has 0 aliphatic heterocycles. The van der Waals surface area contributed by atoms with Crippen LogP contribution >= 0.6 is 27.3 Å². The van der Waals surface area contributed by atoms with E-state index in [2.05, 4.69) is 31.4 Å². The third-order valence-corrected chi connectivity index (χ3v) is 4.41. The fourth-order valence-corrected chi connectivity index (χ4v) is 2.86. The first-order chi connectivity index (χ1) is 11.2. The van der Waals surface area contributed by atoms with Crippen molar-refractivity contribution in [2.45, 2.75) is 0 Å². The normalized spacial score (nSPS) is 10.9. The van der Waals surface area contributed by atoms with Gasteiger partial charge in [-0.2, -0.15) is 5.10 Å². The van der Waals surface area contributed by atoms with Gasteiger partial charge in [0.15, 0.2) is 0 Å². The lowest BCUT2D eigenvalue weighted by molar-refractivity contribution is 0.415. The van der Waals surface area contributed by atoms with Crippen molar-refractivity contribution in [1.82, 2.24) is 4.98 Å². The summed E-state index contributed by atoms with van der Waals surface area (Å²) in [7, 11) is 1.66. The molecule has 3 aromatic rings. The molecule has 0 fully saturated rings. The second-order valence-corrected chi connectivity index (χ2v) is 6.46. The van der Waals surface area contributed by atoms with Gasteiger partial charge < -0.3 is 4.74 Å². The molecule has 4 nitrogen and oxygen atoms in total. The largest absolute Gasteiger partial charge is 0.497 e. The highest BCUT2D eigenvalue weighted by Gasteiger charge is 2.04. The van der Waals surface area contributed by atoms with Crippen LogP contribution in [-0.4, -0.2) is 18.3 Å². The Bertz CT molecular complexity index is 797. The number of hydrogen-bond donors (Lipinski definition) is 1. The van der Waals surface area contributed by atoms with Crippen LogP contribution in [0, 0.1) is 0 Å². The van der Waals surface area contributed by atoms with Gasteiger partial charge in [-0.05, 0) is 42.0 Å². The first kappa shape index (κ1) is 15.7. The molecule has 116 valence electrons. The summed E-state index contributed by atoms with van der Waals surface area (Å²) in [5.74, 6) is 0.835. The van der Waals surface area contributed by atoms with Crippen molar-refractivity contribution in [3.8, 4) is 17.0 Å². The molecule has 0 aliphatic rings. The average molecular weight is 388 g/mol. The van der Waals surface area contributed by atoms with E-state index in [0.29, 0.717) is 0 Å². The van der Waals surface area contributed by atoms with Crippen LogP contribution in [0.1, 0.15) is 5.56 Å². The number of benzene rings is 2. The summed E-state index contributed by atoms with van der Waals surface area (Å²) >= 11 is 4.93. The Morgan fingerprint density at radius 2 is 1.87 bits per heavy atom. The van der Waals surface area contributed by atoms with Crippen molar-refractivity contribution < 1.29 is 4.74 Å². The molecule has 0 bridgehead atoms. The van der Waals surface area contributed by atoms with E-state index in [9.17, 15) is 0 Å². The van der Waals surface area contributed by atoms with Crippen molar-refractivity contribution in [3.63, 3.8) is 0 Å². The monoisotopic (exact) mass is 387 g/mol. The van der Waals surface area contributed by atoms with Crippen LogP contribution < -0.4 is 10.2 Å². The van der Waals surface area contributed by atoms with Crippen LogP contribution in [0.25, 0.3) is 11.3 Å². The lowest BCUT2D eigenvalue weighted by atomic mass is 10.2. The summed E-state index contributed by atoms with van der Waals surface area (Å²) in [5.41, 5.74) is 5.95. The molecule has 0 saturated carbocycles. The van der Waals surface area contributed by atoms with Crippen molar-refractivity contribution in [3.05, 3.63) is 63.9 Å². The van der Waals surface area contributed by atoms with Crippen molar-refractivity contribution in [1.29, 1.82) is 0 Å². The average Bonchev–Trinajstić information content (AvgIpc) is 3.06. The fourth-order valence-electron chi connectivity index (χ4n) is 1.93. The van der Waals surface area contributed by atoms with Crippen LogP contribution in [0.5, 0.6) is 5.75 Å². The molecule has 23 heavy (non-hydrogen) atoms. The summed E-state index contributed by atoms with van der Waals surface area (Å²) in [6.45, 7) is 0. The van der Waals surface area contributed by atoms with Crippen LogP contribution in [0.3, 0.4) is 0 Å². The summed E-state index contributed by atoms with van der Waals surface area (Å²) in [4.78, 5) is 4.53. The zero-order chi connectivity index (χ0) is 16.1. The molecule has 1 heterocycles. The van der Waals surface area contributed by atoms with Crippen molar-refractivity contribution in [2.24, 2.45) is 5.10 Å². The Kier molecular flexibility index (Phi) is 5.05. The molecular formula is C17H14BrN3OS. The zero-order valence-electron chi connectivity index (χ0n) is 12.4. The van der Waals surface area contributed by atoms with Gasteiger partial charge in [-0.25, -0.2) is 4.98 Å². The summed E-state index contributed by atoms with van der Waals surface area (Å²) in [6, 6.07) is 15.8. The lowest BCUT2D eigenvalue weighted by Gasteiger charge is -2.00. The first-order valence-electron chi connectivity index (χ1n) is 6.89. The number of thiazole rings is 1. The van der Waals surface area contributed by atoms with Crippen LogP contribution in [0.4, 0.5) is 5.13 Å². The van der Waals surface area contributed by atoms with E-state index in [0.717, 1.165) is 32.2 Å². The third-order valence-electron chi connectivity index (χ3n) is 3.13. The van der Waals surface area contributed by atoms with Gasteiger partial charge in [0.05, 0.1) is 19.0 Å². The summed E-state index contributed by atoms with van der Waals surface area (Å²) in [6.07, 6.45) is 1.76. The molecule has 0 amide bonds. The SMILES string of the molecule is COc1ccc(-c2csc(N/N=C/c3ccc(Br)cc3)n2)cc1. The molecule has 0 saturated heterocycles. The van der Waals surface area contributed by atoms with E-state index < -0.39 is 0 Å². The highest BCUT2D eigenvalue weighted by Crippen LogP contribution is 2.26. The highest BCUT2D eigenvalue weighted by molar-refractivity contribution is 9.10. The fraction of sp³-hybridized carbons (Fsp3) is 0.0588. The Balaban J connectivity index is 1.65. The minimum absolute atomic E-state index is 0.754. The van der Waals surface area contributed by atoms with E-state index in [4.69, 9.17) is 4.74 Å². The third kappa shape index (κ3) is 4.18. The Morgan fingerprint density at radius 1 is 1.13 bits per heavy atom. The summed E-state index contributed by atoms with van der Waals surface area (Å²) < 4.78 is 6.21. The number of hydrazone groups is 1. The maximum absolute atomic E-state index is 5.16. The molecule has 0 unspecified atom stereocenters. The Morgan fingerprint density at radius 3 is 2.57 bits per heavy atom. The van der Waals surface area contributed by atoms with E-state index >= 15 is 0 Å². The van der Waals surface area contributed by atoms with Crippen molar-refractivity contribution in [2.75, 3.05) is 12.5 Å².